The maximum absolute atomic E-state index is 11.9. The van der Waals surface area contributed by atoms with Crippen molar-refractivity contribution in [3.63, 3.8) is 0 Å². The van der Waals surface area contributed by atoms with Gasteiger partial charge in [0.2, 0.25) is 0 Å². The molecule has 0 aliphatic carbocycles. The van der Waals surface area contributed by atoms with Crippen molar-refractivity contribution < 1.29 is 24.2 Å². The zero-order valence-electron chi connectivity index (χ0n) is 29.3. The van der Waals surface area contributed by atoms with E-state index in [1.54, 1.807) is 0 Å². The van der Waals surface area contributed by atoms with Gasteiger partial charge in [-0.05, 0) is 77.0 Å². The summed E-state index contributed by atoms with van der Waals surface area (Å²) in [4.78, 5) is 23.8. The number of unbranched alkanes of at least 4 members (excludes halogenated alkanes) is 9. The Morgan fingerprint density at radius 2 is 0.870 bits per heavy atom. The van der Waals surface area contributed by atoms with E-state index in [4.69, 9.17) is 9.47 Å². The number of aliphatic hydroxyl groups excluding tert-OH is 1. The van der Waals surface area contributed by atoms with Crippen LogP contribution in [-0.2, 0) is 19.1 Å². The highest BCUT2D eigenvalue weighted by atomic mass is 16.6. The van der Waals surface area contributed by atoms with E-state index in [2.05, 4.69) is 86.8 Å². The molecular weight excluding hydrogens is 572 g/mol. The van der Waals surface area contributed by atoms with Gasteiger partial charge in [-0.25, -0.2) is 0 Å². The summed E-state index contributed by atoms with van der Waals surface area (Å²) in [5, 5.41) is 9.97. The Bertz CT molecular complexity index is 906. The summed E-state index contributed by atoms with van der Waals surface area (Å²) in [6, 6.07) is 0. The summed E-state index contributed by atoms with van der Waals surface area (Å²) in [6.45, 7) is 4.07. The molecule has 5 nitrogen and oxygen atoms in total. The lowest BCUT2D eigenvalue weighted by molar-refractivity contribution is -0.152. The van der Waals surface area contributed by atoms with Gasteiger partial charge in [0.25, 0.3) is 0 Å². The van der Waals surface area contributed by atoms with Crippen LogP contribution in [0, 0.1) is 0 Å². The van der Waals surface area contributed by atoms with E-state index < -0.39 is 6.10 Å². The SMILES string of the molecule is CC/C=C\C/C=C\C/C=C\C/C=C\C/C=C\C/C=C\CCC(=O)OC[C@H](O)COC(=O)CCCCC/C=C\CCCCCCCC. The van der Waals surface area contributed by atoms with Gasteiger partial charge in [-0.15, -0.1) is 0 Å². The van der Waals surface area contributed by atoms with E-state index in [0.29, 0.717) is 12.8 Å². The monoisotopic (exact) mass is 638 g/mol. The highest BCUT2D eigenvalue weighted by Gasteiger charge is 2.11. The minimum atomic E-state index is -1.00. The third-order valence-corrected chi connectivity index (χ3v) is 7.13. The molecule has 260 valence electrons. The number of carbonyl (C=O) groups is 2. The maximum Gasteiger partial charge on any atom is 0.306 e. The molecule has 1 N–H and O–H groups in total. The minimum Gasteiger partial charge on any atom is -0.463 e. The number of allylic oxidation sites excluding steroid dienone is 14. The fraction of sp³-hybridized carbons (Fsp3) is 0.610. The van der Waals surface area contributed by atoms with Crippen LogP contribution in [0.4, 0.5) is 0 Å². The van der Waals surface area contributed by atoms with Gasteiger partial charge in [-0.1, -0.05) is 137 Å². The number of esters is 2. The van der Waals surface area contributed by atoms with E-state index in [9.17, 15) is 14.7 Å². The van der Waals surface area contributed by atoms with Gasteiger partial charge >= 0.3 is 11.9 Å². The molecule has 5 heteroatoms. The molecule has 0 aromatic carbocycles. The van der Waals surface area contributed by atoms with Gasteiger partial charge < -0.3 is 14.6 Å². The summed E-state index contributed by atoms with van der Waals surface area (Å²) in [6.07, 6.45) is 49.3. The molecule has 0 saturated carbocycles. The Kier molecular flexibility index (Phi) is 34.2. The van der Waals surface area contributed by atoms with Crippen LogP contribution in [0.1, 0.15) is 142 Å². The van der Waals surface area contributed by atoms with E-state index in [1.165, 1.54) is 44.9 Å². The number of hydrogen-bond acceptors (Lipinski definition) is 5. The van der Waals surface area contributed by atoms with Crippen LogP contribution in [-0.4, -0.2) is 36.4 Å². The van der Waals surface area contributed by atoms with Gasteiger partial charge in [-0.2, -0.15) is 0 Å². The van der Waals surface area contributed by atoms with Crippen molar-refractivity contribution in [1.82, 2.24) is 0 Å². The average Bonchev–Trinajstić information content (AvgIpc) is 3.06. The minimum absolute atomic E-state index is 0.152. The van der Waals surface area contributed by atoms with Crippen molar-refractivity contribution >= 4 is 11.9 Å². The third kappa shape index (κ3) is 35.6. The van der Waals surface area contributed by atoms with Gasteiger partial charge in [0.05, 0.1) is 0 Å². The molecule has 0 aromatic rings. The number of rotatable bonds is 31. The largest absolute Gasteiger partial charge is 0.463 e. The Morgan fingerprint density at radius 1 is 0.478 bits per heavy atom. The van der Waals surface area contributed by atoms with E-state index in [-0.39, 0.29) is 31.6 Å². The Balaban J connectivity index is 3.64. The molecule has 0 heterocycles. The van der Waals surface area contributed by atoms with E-state index in [0.717, 1.165) is 64.2 Å². The lowest BCUT2D eigenvalue weighted by Crippen LogP contribution is -2.25. The molecule has 0 fully saturated rings. The predicted molar refractivity (Wildman–Crippen MR) is 196 cm³/mol. The molecular formula is C41H66O5. The fourth-order valence-electron chi connectivity index (χ4n) is 4.40. The Labute approximate surface area is 282 Å². The summed E-state index contributed by atoms with van der Waals surface area (Å²) in [5.74, 6) is -0.687. The molecule has 0 rings (SSSR count). The quantitative estimate of drug-likeness (QED) is 0.0465. The zero-order chi connectivity index (χ0) is 33.6. The van der Waals surface area contributed by atoms with Crippen molar-refractivity contribution in [2.75, 3.05) is 13.2 Å². The third-order valence-electron chi connectivity index (χ3n) is 7.13. The predicted octanol–water partition coefficient (Wildman–Crippen LogP) is 11.2. The molecule has 0 aliphatic rings. The fourth-order valence-corrected chi connectivity index (χ4v) is 4.40. The highest BCUT2D eigenvalue weighted by molar-refractivity contribution is 5.70. The van der Waals surface area contributed by atoms with E-state index >= 15 is 0 Å². The summed E-state index contributed by atoms with van der Waals surface area (Å²) in [7, 11) is 0. The molecule has 0 aromatic heterocycles. The summed E-state index contributed by atoms with van der Waals surface area (Å²) < 4.78 is 10.2. The van der Waals surface area contributed by atoms with Crippen LogP contribution in [0.25, 0.3) is 0 Å². The summed E-state index contributed by atoms with van der Waals surface area (Å²) in [5.41, 5.74) is 0. The normalized spacial score (nSPS) is 13.2. The van der Waals surface area contributed by atoms with Crippen LogP contribution in [0.15, 0.2) is 85.1 Å². The van der Waals surface area contributed by atoms with E-state index in [1.807, 2.05) is 12.2 Å². The standard InChI is InChI=1S/C41H66O5/c1-3-5-7-9-11-13-15-17-18-19-20-21-22-24-26-28-30-32-34-36-41(44)46-38-39(42)37-45-40(43)35-33-31-29-27-25-23-16-14-12-10-8-6-4-2/h5,7,11,13,17-18,20-21,23-26,30,32,39,42H,3-4,6,8-10,12,14-16,19,22,27-29,31,33-38H2,1-2H3/b7-5-,13-11-,18-17-,21-20-,25-23-,26-24-,32-30-/t39-/m1/s1. The zero-order valence-corrected chi connectivity index (χ0v) is 29.3. The number of ether oxygens (including phenoxy) is 2. The second-order valence-corrected chi connectivity index (χ2v) is 11.6. The first kappa shape index (κ1) is 43.1. The van der Waals surface area contributed by atoms with Crippen LogP contribution in [0.3, 0.4) is 0 Å². The lowest BCUT2D eigenvalue weighted by Gasteiger charge is -2.11. The number of hydrogen-bond donors (Lipinski definition) is 1. The first-order valence-electron chi connectivity index (χ1n) is 18.1. The molecule has 0 unspecified atom stereocenters. The smallest absolute Gasteiger partial charge is 0.306 e. The molecule has 0 bridgehead atoms. The second-order valence-electron chi connectivity index (χ2n) is 11.6. The van der Waals surface area contributed by atoms with Crippen molar-refractivity contribution in [2.24, 2.45) is 0 Å². The lowest BCUT2D eigenvalue weighted by atomic mass is 10.1. The number of aliphatic hydroxyl groups is 1. The first-order chi connectivity index (χ1) is 22.6. The Morgan fingerprint density at radius 3 is 1.37 bits per heavy atom. The molecule has 46 heavy (non-hydrogen) atoms. The van der Waals surface area contributed by atoms with Crippen LogP contribution in [0.2, 0.25) is 0 Å². The topological polar surface area (TPSA) is 72.8 Å². The van der Waals surface area contributed by atoms with Crippen LogP contribution >= 0.6 is 0 Å². The maximum atomic E-state index is 11.9. The average molecular weight is 639 g/mol. The van der Waals surface area contributed by atoms with Crippen molar-refractivity contribution in [3.05, 3.63) is 85.1 Å². The van der Waals surface area contributed by atoms with Gasteiger partial charge in [0, 0.05) is 12.8 Å². The molecule has 1 atom stereocenters. The second kappa shape index (κ2) is 36.5. The Hall–Kier alpha value is -2.92. The van der Waals surface area contributed by atoms with Crippen LogP contribution in [0.5, 0.6) is 0 Å². The molecule has 0 spiro atoms. The van der Waals surface area contributed by atoms with Crippen molar-refractivity contribution in [3.8, 4) is 0 Å². The number of carbonyl (C=O) groups excluding carboxylic acids is 2. The molecule has 0 saturated heterocycles. The molecule has 0 radical (unpaired) electrons. The van der Waals surface area contributed by atoms with Gasteiger partial charge in [-0.3, -0.25) is 9.59 Å². The summed E-state index contributed by atoms with van der Waals surface area (Å²) >= 11 is 0. The van der Waals surface area contributed by atoms with Gasteiger partial charge in [0.1, 0.15) is 19.3 Å². The molecule has 0 amide bonds. The van der Waals surface area contributed by atoms with Crippen molar-refractivity contribution in [2.45, 2.75) is 148 Å². The molecule has 0 aliphatic heterocycles. The first-order valence-corrected chi connectivity index (χ1v) is 18.1. The van der Waals surface area contributed by atoms with Gasteiger partial charge in [0.15, 0.2) is 0 Å². The van der Waals surface area contributed by atoms with Crippen LogP contribution < -0.4 is 0 Å². The van der Waals surface area contributed by atoms with Crippen molar-refractivity contribution in [1.29, 1.82) is 0 Å². The highest BCUT2D eigenvalue weighted by Crippen LogP contribution is 2.09.